The van der Waals surface area contributed by atoms with Crippen LogP contribution in [0.1, 0.15) is 25.2 Å². The van der Waals surface area contributed by atoms with Gasteiger partial charge < -0.3 is 20.9 Å². The first-order valence-electron chi connectivity index (χ1n) is 19.6. The fourth-order valence-electron chi connectivity index (χ4n) is 7.42. The Balaban J connectivity index is 0.000000181. The number of hydrogen-bond donors (Lipinski definition) is 3. The lowest BCUT2D eigenvalue weighted by Gasteiger charge is -2.39. The second kappa shape index (κ2) is 19.8. The van der Waals surface area contributed by atoms with Crippen LogP contribution < -0.4 is 30.7 Å². The number of amides is 4. The van der Waals surface area contributed by atoms with E-state index in [0.717, 1.165) is 41.3 Å². The van der Waals surface area contributed by atoms with E-state index in [1.165, 1.54) is 34.1 Å². The third kappa shape index (κ3) is 10.1. The predicted octanol–water partition coefficient (Wildman–Crippen LogP) is 13.3. The van der Waals surface area contributed by atoms with Crippen LogP contribution in [0.3, 0.4) is 0 Å². The van der Waals surface area contributed by atoms with E-state index in [0.29, 0.717) is 81.8 Å². The summed E-state index contributed by atoms with van der Waals surface area (Å²) in [5.41, 5.74) is 3.62. The monoisotopic (exact) mass is 1060 g/mol. The molecular formula is C44H33BrCl4F4N8O2S2. The van der Waals surface area contributed by atoms with Crippen LogP contribution in [0.15, 0.2) is 109 Å². The molecule has 0 aliphatic carbocycles. The molecule has 4 amide bonds. The molecule has 0 saturated carbocycles. The number of hydrogen-bond acceptors (Lipinski definition) is 8. The van der Waals surface area contributed by atoms with Crippen molar-refractivity contribution in [3.05, 3.63) is 144 Å². The van der Waals surface area contributed by atoms with E-state index in [1.807, 2.05) is 6.07 Å². The Kier molecular flexibility index (Phi) is 14.3. The summed E-state index contributed by atoms with van der Waals surface area (Å²) < 4.78 is 55.8. The summed E-state index contributed by atoms with van der Waals surface area (Å²) in [5, 5.41) is 11.3. The lowest BCUT2D eigenvalue weighted by atomic mass is 10.1. The minimum atomic E-state index is -0.681. The molecule has 21 heteroatoms. The number of anilines is 5. The zero-order valence-electron chi connectivity index (χ0n) is 33.8. The van der Waals surface area contributed by atoms with Gasteiger partial charge in [0.1, 0.15) is 33.3 Å². The average molecular weight is 1070 g/mol. The van der Waals surface area contributed by atoms with Crippen molar-refractivity contribution >= 4 is 126 Å². The number of rotatable bonds is 7. The highest BCUT2D eigenvalue weighted by molar-refractivity contribution is 9.10. The molecular weight excluding hydrogens is 1030 g/mol. The van der Waals surface area contributed by atoms with Gasteiger partial charge in [0.25, 0.3) is 0 Å². The van der Waals surface area contributed by atoms with Gasteiger partial charge in [-0.2, -0.15) is 0 Å². The summed E-state index contributed by atoms with van der Waals surface area (Å²) >= 11 is 31.1. The lowest BCUT2D eigenvalue weighted by Crippen LogP contribution is -2.54. The normalized spacial score (nSPS) is 16.9. The van der Waals surface area contributed by atoms with Crippen molar-refractivity contribution < 1.29 is 27.2 Å². The average Bonchev–Trinajstić information content (AvgIpc) is 3.24. The number of fused-ring (bicyclic) bond motifs is 2. The van der Waals surface area contributed by atoms with E-state index in [1.54, 1.807) is 42.5 Å². The molecule has 5 heterocycles. The maximum absolute atomic E-state index is 14.6. The lowest BCUT2D eigenvalue weighted by molar-refractivity contribution is 0.246. The van der Waals surface area contributed by atoms with Crippen LogP contribution in [-0.2, 0) is 13.1 Å². The highest BCUT2D eigenvalue weighted by Gasteiger charge is 2.34. The van der Waals surface area contributed by atoms with E-state index < -0.39 is 29.3 Å². The summed E-state index contributed by atoms with van der Waals surface area (Å²) in [6.45, 7) is 5.90. The number of para-hydroxylation sites is 2. The van der Waals surface area contributed by atoms with Crippen LogP contribution in [0.5, 0.6) is 0 Å². The van der Waals surface area contributed by atoms with Crippen molar-refractivity contribution in [1.29, 1.82) is 0 Å². The zero-order chi connectivity index (χ0) is 46.3. The summed E-state index contributed by atoms with van der Waals surface area (Å²) in [4.78, 5) is 40.5. The topological polar surface area (TPSA) is 106 Å². The van der Waals surface area contributed by atoms with Crippen molar-refractivity contribution in [2.45, 2.75) is 58.9 Å². The van der Waals surface area contributed by atoms with E-state index in [-0.39, 0.29) is 41.0 Å². The highest BCUT2D eigenvalue weighted by Crippen LogP contribution is 2.46. The number of benzene rings is 4. The number of nitrogens with zero attached hydrogens (tertiary/aromatic N) is 5. The number of aromatic nitrogens is 2. The van der Waals surface area contributed by atoms with Crippen molar-refractivity contribution in [2.75, 3.05) is 27.8 Å². The Morgan fingerprint density at radius 3 is 1.51 bits per heavy atom. The third-order valence-corrected chi connectivity index (χ3v) is 14.3. The molecule has 0 radical (unpaired) electrons. The van der Waals surface area contributed by atoms with Crippen LogP contribution in [0, 0.1) is 23.3 Å². The summed E-state index contributed by atoms with van der Waals surface area (Å²) in [7, 11) is 0. The zero-order valence-corrected chi connectivity index (χ0v) is 40.1. The molecule has 1 fully saturated rings. The maximum atomic E-state index is 14.6. The SMILES string of the molecule is CC1CN(c2cc3c(nc2Sc2ccc(F)cc2F)CNC(=O)N3c2c(Cl)cccc2Cl)CC(C)N1.O=C1NCc2nc(Sc3ccc(F)cc3F)c(Br)cc2N1c1c(Cl)cccc1Cl. The molecule has 1 saturated heterocycles. The molecule has 4 aromatic carbocycles. The smallest absolute Gasteiger partial charge is 0.326 e. The van der Waals surface area contributed by atoms with Crippen molar-refractivity contribution in [3.63, 3.8) is 0 Å². The predicted molar refractivity (Wildman–Crippen MR) is 253 cm³/mol. The second-order valence-electron chi connectivity index (χ2n) is 14.9. The number of carbonyl (C=O) groups is 2. The Morgan fingerprint density at radius 2 is 1.05 bits per heavy atom. The molecule has 65 heavy (non-hydrogen) atoms. The van der Waals surface area contributed by atoms with Crippen LogP contribution >= 0.6 is 85.9 Å². The summed E-state index contributed by atoms with van der Waals surface area (Å²) in [6.07, 6.45) is 0. The second-order valence-corrected chi connectivity index (χ2v) is 19.4. The fraction of sp³-hybridized carbons (Fsp3) is 0.182. The Bertz CT molecular complexity index is 2820. The number of halogens is 9. The number of urea groups is 2. The van der Waals surface area contributed by atoms with Crippen LogP contribution in [0.2, 0.25) is 20.1 Å². The molecule has 2 aromatic heterocycles. The van der Waals surface area contributed by atoms with Crippen LogP contribution in [0.4, 0.5) is 55.6 Å². The number of pyridine rings is 2. The van der Waals surface area contributed by atoms with Gasteiger partial charge >= 0.3 is 12.1 Å². The van der Waals surface area contributed by atoms with Gasteiger partial charge in [-0.1, -0.05) is 82.1 Å². The van der Waals surface area contributed by atoms with Gasteiger partial charge in [0.05, 0.1) is 77.5 Å². The Morgan fingerprint density at radius 1 is 0.615 bits per heavy atom. The van der Waals surface area contributed by atoms with Crippen molar-refractivity contribution in [2.24, 2.45) is 0 Å². The molecule has 3 aliphatic rings. The highest BCUT2D eigenvalue weighted by atomic mass is 79.9. The van der Waals surface area contributed by atoms with Crippen LogP contribution in [0.25, 0.3) is 0 Å². The van der Waals surface area contributed by atoms with Gasteiger partial charge in [-0.05, 0) is 90.4 Å². The van der Waals surface area contributed by atoms with E-state index in [9.17, 15) is 27.2 Å². The standard InChI is InChI=1S/C25H23Cl2F2N5OS.C19H10BrCl2F2N3OS/c1-13-11-33(12-14(2)31-13)21-9-20-19(32-24(21)36-22-7-6-15(28)8-18(22)29)10-30-25(35)34(20)23-16(26)4-3-5-17(23)27;20-10-7-15-14(26-18(10)29-16-5-4-9(23)6-13(16)24)8-25-19(28)27(15)17-11(21)2-1-3-12(17)22/h3-9,13-14,31H,10-12H2,1-2H3,(H,30,35);1-7H,8H2,(H,25,28). The van der Waals surface area contributed by atoms with E-state index >= 15 is 0 Å². The Hall–Kier alpha value is -4.46. The molecule has 10 nitrogen and oxygen atoms in total. The molecule has 2 atom stereocenters. The Labute approximate surface area is 407 Å². The number of nitrogens with one attached hydrogen (secondary N) is 3. The summed E-state index contributed by atoms with van der Waals surface area (Å²) in [5.74, 6) is -2.64. The molecule has 3 N–H and O–H groups in total. The van der Waals surface area contributed by atoms with Gasteiger partial charge in [-0.15, -0.1) is 0 Å². The quantitative estimate of drug-likeness (QED) is 0.136. The molecule has 6 aromatic rings. The van der Waals surface area contributed by atoms with Crippen molar-refractivity contribution in [3.8, 4) is 0 Å². The molecule has 9 rings (SSSR count). The minimum Gasteiger partial charge on any atom is -0.366 e. The molecule has 0 spiro atoms. The largest absolute Gasteiger partial charge is 0.366 e. The molecule has 0 bridgehead atoms. The fourth-order valence-corrected chi connectivity index (χ4v) is 10.9. The van der Waals surface area contributed by atoms with Gasteiger partial charge in [-0.3, -0.25) is 9.80 Å². The number of carbonyl (C=O) groups excluding carboxylic acids is 2. The van der Waals surface area contributed by atoms with E-state index in [2.05, 4.69) is 55.6 Å². The van der Waals surface area contributed by atoms with Gasteiger partial charge in [0.2, 0.25) is 0 Å². The maximum Gasteiger partial charge on any atom is 0.326 e. The molecule has 336 valence electrons. The first kappa shape index (κ1) is 47.0. The van der Waals surface area contributed by atoms with E-state index in [4.69, 9.17) is 51.4 Å². The minimum absolute atomic E-state index is 0.180. The first-order valence-corrected chi connectivity index (χ1v) is 23.5. The summed E-state index contributed by atoms with van der Waals surface area (Å²) in [6, 6.07) is 20.0. The third-order valence-electron chi connectivity index (χ3n) is 10.1. The molecule has 2 unspecified atom stereocenters. The van der Waals surface area contributed by atoms with Gasteiger partial charge in [0.15, 0.2) is 0 Å². The van der Waals surface area contributed by atoms with Crippen LogP contribution in [-0.4, -0.2) is 47.2 Å². The first-order chi connectivity index (χ1) is 31.1. The molecule has 3 aliphatic heterocycles. The number of piperazine rings is 1. The van der Waals surface area contributed by atoms with Crippen molar-refractivity contribution in [1.82, 2.24) is 25.9 Å². The van der Waals surface area contributed by atoms with Gasteiger partial charge in [-0.25, -0.2) is 37.1 Å². The van der Waals surface area contributed by atoms with Gasteiger partial charge in [0, 0.05) is 47.1 Å².